The highest BCUT2D eigenvalue weighted by Crippen LogP contribution is 2.14. The number of rotatable bonds is 4. The molecule has 1 aliphatic rings. The third-order valence-electron chi connectivity index (χ3n) is 3.95. The Morgan fingerprint density at radius 2 is 1.96 bits per heavy atom. The van der Waals surface area contributed by atoms with Crippen molar-refractivity contribution in [3.05, 3.63) is 53.7 Å². The highest BCUT2D eigenvalue weighted by molar-refractivity contribution is 5.92. The lowest BCUT2D eigenvalue weighted by atomic mass is 10.1. The van der Waals surface area contributed by atoms with Gasteiger partial charge in [0.15, 0.2) is 0 Å². The molecule has 3 rings (SSSR count). The summed E-state index contributed by atoms with van der Waals surface area (Å²) in [6, 6.07) is 8.19. The summed E-state index contributed by atoms with van der Waals surface area (Å²) in [5.41, 5.74) is 0.924. The Labute approximate surface area is 134 Å². The zero-order chi connectivity index (χ0) is 16.1. The number of hydrogen-bond donors (Lipinski definition) is 1. The molecule has 1 amide bonds. The third-order valence-corrected chi connectivity index (χ3v) is 3.95. The van der Waals surface area contributed by atoms with Crippen molar-refractivity contribution in [2.75, 3.05) is 18.4 Å². The minimum atomic E-state index is -0.265. The molecule has 1 N–H and O–H groups in total. The number of anilines is 1. The predicted molar refractivity (Wildman–Crippen MR) is 85.5 cm³/mol. The van der Waals surface area contributed by atoms with E-state index in [4.69, 9.17) is 0 Å². The van der Waals surface area contributed by atoms with Gasteiger partial charge < -0.3 is 10.2 Å². The molecule has 0 radical (unpaired) electrons. The fourth-order valence-corrected chi connectivity index (χ4v) is 2.66. The van der Waals surface area contributed by atoms with Crippen molar-refractivity contribution in [3.8, 4) is 0 Å². The molecule has 0 unspecified atom stereocenters. The van der Waals surface area contributed by atoms with E-state index in [9.17, 15) is 9.18 Å². The van der Waals surface area contributed by atoms with Gasteiger partial charge in [0, 0.05) is 31.3 Å². The molecule has 1 aliphatic heterocycles. The first-order valence-electron chi connectivity index (χ1n) is 7.82. The Balaban J connectivity index is 1.67. The maximum Gasteiger partial charge on any atom is 0.272 e. The number of likely N-dealkylation sites (tertiary alicyclic amines) is 1. The monoisotopic (exact) mass is 314 g/mol. The average Bonchev–Trinajstić information content (AvgIpc) is 2.61. The maximum atomic E-state index is 13.6. The Morgan fingerprint density at radius 1 is 1.17 bits per heavy atom. The highest BCUT2D eigenvalue weighted by Gasteiger charge is 2.19. The van der Waals surface area contributed by atoms with Crippen LogP contribution in [0.1, 0.15) is 35.3 Å². The van der Waals surface area contributed by atoms with Crippen molar-refractivity contribution in [2.45, 2.75) is 25.8 Å². The van der Waals surface area contributed by atoms with Crippen LogP contribution in [-0.2, 0) is 6.54 Å². The molecule has 5 nitrogen and oxygen atoms in total. The summed E-state index contributed by atoms with van der Waals surface area (Å²) >= 11 is 0. The Bertz CT molecular complexity index is 686. The van der Waals surface area contributed by atoms with Gasteiger partial charge in [0.1, 0.15) is 23.7 Å². The number of nitrogens with one attached hydrogen (secondary N) is 1. The summed E-state index contributed by atoms with van der Waals surface area (Å²) < 4.78 is 13.6. The molecule has 120 valence electrons. The predicted octanol–water partition coefficient (Wildman–Crippen LogP) is 2.85. The summed E-state index contributed by atoms with van der Waals surface area (Å²) in [6.45, 7) is 1.86. The number of aromatic nitrogens is 2. The van der Waals surface area contributed by atoms with E-state index in [-0.39, 0.29) is 11.7 Å². The minimum Gasteiger partial charge on any atom is -0.366 e. The molecule has 2 aromatic rings. The fourth-order valence-electron chi connectivity index (χ4n) is 2.66. The summed E-state index contributed by atoms with van der Waals surface area (Å²) in [5.74, 6) is 0.184. The maximum absolute atomic E-state index is 13.6. The van der Waals surface area contributed by atoms with Crippen LogP contribution in [-0.4, -0.2) is 33.9 Å². The molecule has 0 spiro atoms. The number of nitrogens with zero attached hydrogens (tertiary/aromatic N) is 3. The normalized spacial score (nSPS) is 14.6. The van der Waals surface area contributed by atoms with E-state index in [0.717, 1.165) is 25.9 Å². The molecule has 0 atom stereocenters. The zero-order valence-electron chi connectivity index (χ0n) is 12.8. The van der Waals surface area contributed by atoms with Gasteiger partial charge in [-0.05, 0) is 25.3 Å². The van der Waals surface area contributed by atoms with Crippen molar-refractivity contribution in [2.24, 2.45) is 0 Å². The van der Waals surface area contributed by atoms with E-state index in [2.05, 4.69) is 15.3 Å². The number of piperidine rings is 1. The second-order valence-corrected chi connectivity index (χ2v) is 5.59. The molecule has 1 aromatic heterocycles. The van der Waals surface area contributed by atoms with Gasteiger partial charge in [-0.25, -0.2) is 14.4 Å². The first-order chi connectivity index (χ1) is 11.2. The van der Waals surface area contributed by atoms with E-state index in [1.165, 1.54) is 18.8 Å². The smallest absolute Gasteiger partial charge is 0.272 e. The van der Waals surface area contributed by atoms with Gasteiger partial charge in [-0.3, -0.25) is 4.79 Å². The lowest BCUT2D eigenvalue weighted by Gasteiger charge is -2.26. The SMILES string of the molecule is O=C(c1cc(NCc2ccccc2F)ncn1)N1CCCCC1. The number of amides is 1. The second-order valence-electron chi connectivity index (χ2n) is 5.59. The molecule has 0 saturated carbocycles. The van der Waals surface area contributed by atoms with Crippen molar-refractivity contribution in [1.29, 1.82) is 0 Å². The summed E-state index contributed by atoms with van der Waals surface area (Å²) in [4.78, 5) is 22.4. The van der Waals surface area contributed by atoms with Crippen molar-refractivity contribution >= 4 is 11.7 Å². The van der Waals surface area contributed by atoms with Gasteiger partial charge in [-0.2, -0.15) is 0 Å². The van der Waals surface area contributed by atoms with Crippen LogP contribution in [0.4, 0.5) is 10.2 Å². The molecule has 6 heteroatoms. The van der Waals surface area contributed by atoms with E-state index < -0.39 is 0 Å². The van der Waals surface area contributed by atoms with E-state index in [0.29, 0.717) is 23.6 Å². The standard InChI is InChI=1S/C17H19FN4O/c18-14-7-3-2-6-13(14)11-19-16-10-15(20-12-21-16)17(23)22-8-4-1-5-9-22/h2-3,6-7,10,12H,1,4-5,8-9,11H2,(H,19,20,21). The van der Waals surface area contributed by atoms with Gasteiger partial charge >= 0.3 is 0 Å². The average molecular weight is 314 g/mol. The second kappa shape index (κ2) is 7.17. The van der Waals surface area contributed by atoms with Crippen LogP contribution in [0, 0.1) is 5.82 Å². The highest BCUT2D eigenvalue weighted by atomic mass is 19.1. The molecule has 2 heterocycles. The molecule has 0 aliphatic carbocycles. The minimum absolute atomic E-state index is 0.0685. The van der Waals surface area contributed by atoms with Crippen LogP contribution in [0.2, 0.25) is 0 Å². The van der Waals surface area contributed by atoms with Crippen LogP contribution in [0.15, 0.2) is 36.7 Å². The summed E-state index contributed by atoms with van der Waals surface area (Å²) in [7, 11) is 0. The molecule has 23 heavy (non-hydrogen) atoms. The van der Waals surface area contributed by atoms with Crippen LogP contribution < -0.4 is 5.32 Å². The third kappa shape index (κ3) is 3.83. The number of carbonyl (C=O) groups excluding carboxylic acids is 1. The van der Waals surface area contributed by atoms with Gasteiger partial charge in [-0.1, -0.05) is 18.2 Å². The summed E-state index contributed by atoms with van der Waals surface area (Å²) in [5, 5.41) is 3.04. The number of halogens is 1. The number of benzene rings is 1. The lowest BCUT2D eigenvalue weighted by molar-refractivity contribution is 0.0718. The fraction of sp³-hybridized carbons (Fsp3) is 0.353. The van der Waals surface area contributed by atoms with E-state index in [1.807, 2.05) is 4.90 Å². The molecule has 1 fully saturated rings. The largest absolute Gasteiger partial charge is 0.366 e. The van der Waals surface area contributed by atoms with E-state index in [1.54, 1.807) is 24.3 Å². The van der Waals surface area contributed by atoms with Gasteiger partial charge in [-0.15, -0.1) is 0 Å². The number of carbonyl (C=O) groups is 1. The molecular formula is C17H19FN4O. The Morgan fingerprint density at radius 3 is 2.74 bits per heavy atom. The van der Waals surface area contributed by atoms with Gasteiger partial charge in [0.25, 0.3) is 5.91 Å². The van der Waals surface area contributed by atoms with Crippen molar-refractivity contribution < 1.29 is 9.18 Å². The van der Waals surface area contributed by atoms with Gasteiger partial charge in [0.05, 0.1) is 0 Å². The molecule has 1 aromatic carbocycles. The van der Waals surface area contributed by atoms with Crippen molar-refractivity contribution in [1.82, 2.24) is 14.9 Å². The quantitative estimate of drug-likeness (QED) is 0.943. The Hall–Kier alpha value is -2.50. The molecule has 0 bridgehead atoms. The van der Waals surface area contributed by atoms with Gasteiger partial charge in [0.2, 0.25) is 0 Å². The zero-order valence-corrected chi connectivity index (χ0v) is 12.8. The lowest BCUT2D eigenvalue weighted by Crippen LogP contribution is -2.36. The van der Waals surface area contributed by atoms with Crippen molar-refractivity contribution in [3.63, 3.8) is 0 Å². The van der Waals surface area contributed by atoms with E-state index >= 15 is 0 Å². The molecular weight excluding hydrogens is 295 g/mol. The number of hydrogen-bond acceptors (Lipinski definition) is 4. The first kappa shape index (κ1) is 15.4. The van der Waals surface area contributed by atoms with Crippen LogP contribution in [0.5, 0.6) is 0 Å². The topological polar surface area (TPSA) is 58.1 Å². The van der Waals surface area contributed by atoms with Crippen LogP contribution in [0.25, 0.3) is 0 Å². The molecule has 1 saturated heterocycles. The summed E-state index contributed by atoms with van der Waals surface area (Å²) in [6.07, 6.45) is 4.61. The Kier molecular flexibility index (Phi) is 4.80. The first-order valence-corrected chi connectivity index (χ1v) is 7.82. The van der Waals surface area contributed by atoms with Crippen LogP contribution >= 0.6 is 0 Å². The van der Waals surface area contributed by atoms with Crippen LogP contribution in [0.3, 0.4) is 0 Å².